The summed E-state index contributed by atoms with van der Waals surface area (Å²) < 4.78 is 12.5. The number of hydrogen-bond acceptors (Lipinski definition) is 5. The van der Waals surface area contributed by atoms with Crippen molar-refractivity contribution in [3.05, 3.63) is 48.5 Å². The van der Waals surface area contributed by atoms with Gasteiger partial charge in [-0.3, -0.25) is 0 Å². The molecule has 0 radical (unpaired) electrons. The predicted molar refractivity (Wildman–Crippen MR) is 123 cm³/mol. The smallest absolute Gasteiger partial charge is 0.119 e. The third-order valence-corrected chi connectivity index (χ3v) is 4.76. The number of likely N-dealkylation sites (N-methyl/N-ethyl adjacent to an activating group) is 2. The first-order valence-corrected chi connectivity index (χ1v) is 10.7. The maximum Gasteiger partial charge on any atom is 0.119 e. The van der Waals surface area contributed by atoms with E-state index < -0.39 is 0 Å². The molecule has 164 valence electrons. The van der Waals surface area contributed by atoms with Gasteiger partial charge in [0, 0.05) is 13.0 Å². The molecule has 6 heteroatoms. The first kappa shape index (κ1) is 23.8. The number of hydrogen-bond donors (Lipinski definition) is 0. The Hall–Kier alpha value is -2.44. The van der Waals surface area contributed by atoms with E-state index in [9.17, 15) is 0 Å². The van der Waals surface area contributed by atoms with E-state index in [0.717, 1.165) is 73.0 Å². The minimum atomic E-state index is 0.719. The number of azo groups is 1. The summed E-state index contributed by atoms with van der Waals surface area (Å²) in [6, 6.07) is 15.4. The molecule has 2 rings (SSSR count). The van der Waals surface area contributed by atoms with Gasteiger partial charge in [0.05, 0.1) is 51.8 Å². The Kier molecular flexibility index (Phi) is 9.77. The second-order valence-corrected chi connectivity index (χ2v) is 8.42. The summed E-state index contributed by atoms with van der Waals surface area (Å²) in [5.41, 5.74) is 1.60. The predicted octanol–water partition coefficient (Wildman–Crippen LogP) is 5.30. The second-order valence-electron chi connectivity index (χ2n) is 8.42. The Balaban J connectivity index is 1.75. The van der Waals surface area contributed by atoms with Crippen molar-refractivity contribution in [2.45, 2.75) is 19.8 Å². The molecule has 2 aromatic rings. The van der Waals surface area contributed by atoms with Gasteiger partial charge >= 0.3 is 0 Å². The Labute approximate surface area is 181 Å². The largest absolute Gasteiger partial charge is 0.494 e. The third kappa shape index (κ3) is 9.37. The van der Waals surface area contributed by atoms with Crippen molar-refractivity contribution >= 4 is 11.4 Å². The van der Waals surface area contributed by atoms with Crippen LogP contribution in [0.3, 0.4) is 0 Å². The first-order valence-electron chi connectivity index (χ1n) is 10.7. The minimum Gasteiger partial charge on any atom is -0.494 e. The molecule has 0 unspecified atom stereocenters. The van der Waals surface area contributed by atoms with E-state index in [-0.39, 0.29) is 0 Å². The zero-order chi connectivity index (χ0) is 21.8. The van der Waals surface area contributed by atoms with Crippen molar-refractivity contribution in [3.63, 3.8) is 0 Å². The lowest BCUT2D eigenvalue weighted by Gasteiger charge is -2.31. The molecule has 0 N–H and O–H groups in total. The van der Waals surface area contributed by atoms with Crippen LogP contribution in [0.1, 0.15) is 19.8 Å². The number of quaternary nitrogens is 1. The van der Waals surface area contributed by atoms with Crippen LogP contribution in [-0.2, 0) is 0 Å². The number of ether oxygens (including phenoxy) is 2. The van der Waals surface area contributed by atoms with Crippen LogP contribution in [0.25, 0.3) is 0 Å². The van der Waals surface area contributed by atoms with Gasteiger partial charge in [0.1, 0.15) is 11.5 Å². The topological polar surface area (TPSA) is 46.4 Å². The quantitative estimate of drug-likeness (QED) is 0.254. The van der Waals surface area contributed by atoms with Crippen LogP contribution in [0.15, 0.2) is 58.8 Å². The van der Waals surface area contributed by atoms with Gasteiger partial charge in [-0.15, -0.1) is 0 Å². The second kappa shape index (κ2) is 12.3. The molecule has 0 atom stereocenters. The molecule has 30 heavy (non-hydrogen) atoms. The summed E-state index contributed by atoms with van der Waals surface area (Å²) in [5, 5.41) is 8.58. The fourth-order valence-corrected chi connectivity index (χ4v) is 2.82. The summed E-state index contributed by atoms with van der Waals surface area (Å²) in [5.74, 6) is 1.72. The summed E-state index contributed by atoms with van der Waals surface area (Å²) >= 11 is 0. The van der Waals surface area contributed by atoms with Crippen LogP contribution in [0, 0.1) is 0 Å². The van der Waals surface area contributed by atoms with Crippen molar-refractivity contribution < 1.29 is 14.0 Å². The van der Waals surface area contributed by atoms with Gasteiger partial charge in [-0.25, -0.2) is 0 Å². The van der Waals surface area contributed by atoms with Crippen LogP contribution < -0.4 is 9.47 Å². The van der Waals surface area contributed by atoms with Crippen molar-refractivity contribution in [1.82, 2.24) is 4.90 Å². The van der Waals surface area contributed by atoms with E-state index in [1.54, 1.807) is 0 Å². The fraction of sp³-hybridized carbons (Fsp3) is 0.500. The van der Waals surface area contributed by atoms with Gasteiger partial charge in [0.25, 0.3) is 0 Å². The standard InChI is InChI=1S/C24H37N4O2/c1-6-19-29-23-12-8-21(9-13-23)25-26-22-10-14-24(15-11-22)30-20-7-17-28(4,5)18-16-27(2)3/h8-15H,6-7,16-20H2,1-5H3/q+1. The van der Waals surface area contributed by atoms with Crippen LogP contribution in [0.5, 0.6) is 11.5 Å². The zero-order valence-corrected chi connectivity index (χ0v) is 19.2. The average Bonchev–Trinajstić information content (AvgIpc) is 2.74. The maximum atomic E-state index is 5.88. The highest BCUT2D eigenvalue weighted by Gasteiger charge is 2.14. The highest BCUT2D eigenvalue weighted by molar-refractivity contribution is 5.44. The van der Waals surface area contributed by atoms with Gasteiger partial charge < -0.3 is 18.9 Å². The molecular formula is C24H37N4O2+. The average molecular weight is 414 g/mol. The zero-order valence-electron chi connectivity index (χ0n) is 19.2. The Bertz CT molecular complexity index is 756. The molecule has 0 aliphatic carbocycles. The Morgan fingerprint density at radius 3 is 1.73 bits per heavy atom. The first-order chi connectivity index (χ1) is 14.4. The van der Waals surface area contributed by atoms with Crippen LogP contribution in [0.2, 0.25) is 0 Å². The highest BCUT2D eigenvalue weighted by atomic mass is 16.5. The molecular weight excluding hydrogens is 376 g/mol. The summed E-state index contributed by atoms with van der Waals surface area (Å²) in [7, 11) is 8.78. The molecule has 0 fully saturated rings. The number of benzene rings is 2. The van der Waals surface area contributed by atoms with Crippen LogP contribution in [0.4, 0.5) is 11.4 Å². The van der Waals surface area contributed by atoms with E-state index in [1.807, 2.05) is 48.5 Å². The highest BCUT2D eigenvalue weighted by Crippen LogP contribution is 2.23. The molecule has 0 aliphatic heterocycles. The van der Waals surface area contributed by atoms with E-state index in [0.29, 0.717) is 0 Å². The van der Waals surface area contributed by atoms with Crippen LogP contribution >= 0.6 is 0 Å². The molecule has 0 saturated carbocycles. The van der Waals surface area contributed by atoms with Gasteiger partial charge in [0.15, 0.2) is 0 Å². The third-order valence-electron chi connectivity index (χ3n) is 4.76. The van der Waals surface area contributed by atoms with Gasteiger partial charge in [-0.05, 0) is 69.0 Å². The van der Waals surface area contributed by atoms with Crippen molar-refractivity contribution in [2.75, 3.05) is 61.0 Å². The number of rotatable bonds is 13. The summed E-state index contributed by atoms with van der Waals surface area (Å²) in [6.45, 7) is 6.87. The van der Waals surface area contributed by atoms with Crippen molar-refractivity contribution in [3.8, 4) is 11.5 Å². The normalized spacial score (nSPS) is 11.9. The maximum absolute atomic E-state index is 5.88. The molecule has 0 bridgehead atoms. The van der Waals surface area contributed by atoms with Gasteiger partial charge in [-0.2, -0.15) is 10.2 Å². The van der Waals surface area contributed by atoms with E-state index >= 15 is 0 Å². The lowest BCUT2D eigenvalue weighted by atomic mass is 10.3. The molecule has 0 saturated heterocycles. The van der Waals surface area contributed by atoms with E-state index in [1.165, 1.54) is 0 Å². The SMILES string of the molecule is CCCOc1ccc(N=Nc2ccc(OCCC[N+](C)(C)CCN(C)C)cc2)cc1. The summed E-state index contributed by atoms with van der Waals surface area (Å²) in [4.78, 5) is 2.23. The molecule has 0 heterocycles. The van der Waals surface area contributed by atoms with Crippen molar-refractivity contribution in [2.24, 2.45) is 10.2 Å². The Morgan fingerprint density at radius 1 is 0.767 bits per heavy atom. The Morgan fingerprint density at radius 2 is 1.27 bits per heavy atom. The molecule has 0 aromatic heterocycles. The fourth-order valence-electron chi connectivity index (χ4n) is 2.82. The van der Waals surface area contributed by atoms with E-state index in [2.05, 4.69) is 50.2 Å². The van der Waals surface area contributed by atoms with Gasteiger partial charge in [0.2, 0.25) is 0 Å². The monoisotopic (exact) mass is 413 g/mol. The molecule has 0 amide bonds. The van der Waals surface area contributed by atoms with Crippen molar-refractivity contribution in [1.29, 1.82) is 0 Å². The lowest BCUT2D eigenvalue weighted by Crippen LogP contribution is -2.45. The minimum absolute atomic E-state index is 0.719. The van der Waals surface area contributed by atoms with E-state index in [4.69, 9.17) is 9.47 Å². The molecule has 0 spiro atoms. The van der Waals surface area contributed by atoms with Crippen LogP contribution in [-0.4, -0.2) is 70.4 Å². The number of nitrogens with zero attached hydrogens (tertiary/aromatic N) is 4. The molecule has 2 aromatic carbocycles. The lowest BCUT2D eigenvalue weighted by molar-refractivity contribution is -0.890. The molecule has 6 nitrogen and oxygen atoms in total. The molecule has 0 aliphatic rings. The van der Waals surface area contributed by atoms with Gasteiger partial charge in [-0.1, -0.05) is 6.92 Å². The summed E-state index contributed by atoms with van der Waals surface area (Å²) in [6.07, 6.45) is 2.02.